The van der Waals surface area contributed by atoms with Gasteiger partial charge in [0.1, 0.15) is 11.0 Å². The molecule has 0 unspecified atom stereocenters. The molecule has 0 saturated carbocycles. The van der Waals surface area contributed by atoms with Crippen LogP contribution >= 0.6 is 11.3 Å². The van der Waals surface area contributed by atoms with E-state index in [1.54, 1.807) is 18.3 Å². The van der Waals surface area contributed by atoms with Crippen LogP contribution in [0.5, 0.6) is 0 Å². The van der Waals surface area contributed by atoms with E-state index in [1.807, 2.05) is 0 Å². The molecule has 6 nitrogen and oxygen atoms in total. The van der Waals surface area contributed by atoms with Gasteiger partial charge in [0.25, 0.3) is 0 Å². The van der Waals surface area contributed by atoms with Gasteiger partial charge < -0.3 is 9.94 Å². The van der Waals surface area contributed by atoms with Gasteiger partial charge in [0.2, 0.25) is 5.52 Å². The topological polar surface area (TPSA) is 79.0 Å². The Hall–Kier alpha value is -2.28. The van der Waals surface area contributed by atoms with Crippen molar-refractivity contribution in [3.05, 3.63) is 34.9 Å². The molecule has 0 aliphatic rings. The van der Waals surface area contributed by atoms with Gasteiger partial charge in [-0.1, -0.05) is 11.3 Å². The lowest BCUT2D eigenvalue weighted by atomic mass is 10.2. The lowest BCUT2D eigenvalue weighted by Crippen LogP contribution is -2.31. The van der Waals surface area contributed by atoms with Crippen molar-refractivity contribution in [3.8, 4) is 0 Å². The number of fused-ring (bicyclic) bond motifs is 3. The zero-order valence-electron chi connectivity index (χ0n) is 9.28. The number of hydrogen-bond donors (Lipinski definition) is 0. The van der Waals surface area contributed by atoms with Crippen LogP contribution in [0.1, 0.15) is 9.80 Å². The first kappa shape index (κ1) is 10.8. The average Bonchev–Trinajstić information content (AvgIpc) is 2.76. The molecule has 0 N–H and O–H groups in total. The number of carbonyl (C=O) groups excluding carboxylic acids is 1. The Kier molecular flexibility index (Phi) is 2.34. The molecule has 7 heteroatoms. The van der Waals surface area contributed by atoms with Crippen molar-refractivity contribution >= 4 is 38.4 Å². The van der Waals surface area contributed by atoms with Crippen molar-refractivity contribution in [3.63, 3.8) is 0 Å². The molecular formula is C11H7N3O3S. The summed E-state index contributed by atoms with van der Waals surface area (Å²) in [5, 5.41) is 12.7. The molecule has 0 radical (unpaired) electrons. The summed E-state index contributed by atoms with van der Waals surface area (Å²) in [7, 11) is 1.24. The molecule has 90 valence electrons. The number of thiazole rings is 1. The molecule has 0 amide bonds. The second kappa shape index (κ2) is 3.88. The molecule has 0 atom stereocenters. The van der Waals surface area contributed by atoms with Crippen LogP contribution in [0, 0.1) is 5.21 Å². The van der Waals surface area contributed by atoms with Crippen LogP contribution in [-0.4, -0.2) is 23.0 Å². The minimum Gasteiger partial charge on any atom is -0.617 e. The third-order valence-electron chi connectivity index (χ3n) is 2.58. The number of ether oxygens (including phenoxy) is 1. The number of methoxy groups -OCH3 is 1. The zero-order chi connectivity index (χ0) is 12.7. The average molecular weight is 261 g/mol. The molecule has 0 aliphatic heterocycles. The van der Waals surface area contributed by atoms with Crippen molar-refractivity contribution in [2.75, 3.05) is 7.11 Å². The number of rotatable bonds is 1. The van der Waals surface area contributed by atoms with E-state index in [9.17, 15) is 10.0 Å². The van der Waals surface area contributed by atoms with Gasteiger partial charge in [-0.25, -0.2) is 14.8 Å². The summed E-state index contributed by atoms with van der Waals surface area (Å²) < 4.78 is 5.84. The van der Waals surface area contributed by atoms with Crippen LogP contribution in [-0.2, 0) is 4.74 Å². The standard InChI is InChI=1S/C11H7N3O3S/c1-17-11(15)10-14(16)8-3-2-7-6(9(8)18-10)4-12-5-13-7/h2-5H,1H3. The molecule has 1 aromatic carbocycles. The van der Waals surface area contributed by atoms with Crippen LogP contribution in [0.3, 0.4) is 0 Å². The van der Waals surface area contributed by atoms with E-state index < -0.39 is 5.97 Å². The maximum Gasteiger partial charge on any atom is 0.416 e. The Morgan fingerprint density at radius 3 is 3.11 bits per heavy atom. The summed E-state index contributed by atoms with van der Waals surface area (Å²) in [6.07, 6.45) is 3.07. The number of carbonyl (C=O) groups is 1. The van der Waals surface area contributed by atoms with Crippen molar-refractivity contribution in [1.29, 1.82) is 0 Å². The van der Waals surface area contributed by atoms with E-state index >= 15 is 0 Å². The van der Waals surface area contributed by atoms with Gasteiger partial charge in [0.05, 0.1) is 12.6 Å². The minimum atomic E-state index is -0.642. The van der Waals surface area contributed by atoms with Crippen LogP contribution in [0.2, 0.25) is 0 Å². The van der Waals surface area contributed by atoms with Gasteiger partial charge in [-0.15, -0.1) is 4.73 Å². The predicted octanol–water partition coefficient (Wildman–Crippen LogP) is 1.26. The van der Waals surface area contributed by atoms with Crippen LogP contribution in [0.25, 0.3) is 21.1 Å². The van der Waals surface area contributed by atoms with E-state index in [0.717, 1.165) is 22.2 Å². The minimum absolute atomic E-state index is 0.00357. The first-order valence-electron chi connectivity index (χ1n) is 5.05. The molecular weight excluding hydrogens is 254 g/mol. The van der Waals surface area contributed by atoms with Gasteiger partial charge in [0, 0.05) is 17.6 Å². The molecule has 0 bridgehead atoms. The second-order valence-electron chi connectivity index (χ2n) is 3.56. The van der Waals surface area contributed by atoms with E-state index in [-0.39, 0.29) is 5.01 Å². The maximum atomic E-state index is 12.0. The van der Waals surface area contributed by atoms with Crippen molar-refractivity contribution in [1.82, 2.24) is 9.97 Å². The Balaban J connectivity index is 2.42. The van der Waals surface area contributed by atoms with Crippen molar-refractivity contribution in [2.24, 2.45) is 0 Å². The normalized spacial score (nSPS) is 10.9. The zero-order valence-corrected chi connectivity index (χ0v) is 10.1. The van der Waals surface area contributed by atoms with Gasteiger partial charge in [0.15, 0.2) is 0 Å². The molecule has 0 fully saturated rings. The molecule has 2 heterocycles. The van der Waals surface area contributed by atoms with Crippen LogP contribution < -0.4 is 4.73 Å². The Labute approximate surface area is 105 Å². The molecule has 3 aromatic rings. The number of hydrogen-bond acceptors (Lipinski definition) is 6. The molecule has 3 rings (SSSR count). The molecule has 0 saturated heterocycles. The SMILES string of the molecule is COC(=O)c1sc2c3cncnc3ccc2[n+]1[O-]. The molecule has 0 spiro atoms. The third kappa shape index (κ3) is 1.41. The number of nitrogens with zero attached hydrogens (tertiary/aromatic N) is 3. The third-order valence-corrected chi connectivity index (χ3v) is 3.74. The van der Waals surface area contributed by atoms with Crippen molar-refractivity contribution < 1.29 is 14.3 Å². The van der Waals surface area contributed by atoms with E-state index in [0.29, 0.717) is 14.9 Å². The fourth-order valence-electron chi connectivity index (χ4n) is 1.74. The summed E-state index contributed by atoms with van der Waals surface area (Å²) in [5.74, 6) is -0.642. The number of esters is 1. The summed E-state index contributed by atoms with van der Waals surface area (Å²) in [4.78, 5) is 19.5. The first-order valence-corrected chi connectivity index (χ1v) is 5.87. The summed E-state index contributed by atoms with van der Waals surface area (Å²) in [6, 6.07) is 3.36. The van der Waals surface area contributed by atoms with E-state index in [4.69, 9.17) is 0 Å². The smallest absolute Gasteiger partial charge is 0.416 e. The Morgan fingerprint density at radius 2 is 2.33 bits per heavy atom. The number of aromatic nitrogens is 3. The van der Waals surface area contributed by atoms with Gasteiger partial charge in [-0.3, -0.25) is 0 Å². The largest absolute Gasteiger partial charge is 0.617 e. The van der Waals surface area contributed by atoms with Gasteiger partial charge >= 0.3 is 11.0 Å². The van der Waals surface area contributed by atoms with Gasteiger partial charge in [-0.2, -0.15) is 0 Å². The summed E-state index contributed by atoms with van der Waals surface area (Å²) in [5.41, 5.74) is 1.15. The highest BCUT2D eigenvalue weighted by Gasteiger charge is 2.25. The molecule has 2 aromatic heterocycles. The summed E-state index contributed by atoms with van der Waals surface area (Å²) in [6.45, 7) is 0. The lowest BCUT2D eigenvalue weighted by Gasteiger charge is -1.97. The monoisotopic (exact) mass is 261 g/mol. The second-order valence-corrected chi connectivity index (χ2v) is 4.56. The van der Waals surface area contributed by atoms with Gasteiger partial charge in [-0.05, 0) is 6.07 Å². The fraction of sp³-hybridized carbons (Fsp3) is 0.0909. The lowest BCUT2D eigenvalue weighted by molar-refractivity contribution is -0.575. The van der Waals surface area contributed by atoms with E-state index in [1.165, 1.54) is 13.4 Å². The highest BCUT2D eigenvalue weighted by Crippen LogP contribution is 2.27. The van der Waals surface area contributed by atoms with Crippen molar-refractivity contribution in [2.45, 2.75) is 0 Å². The molecule has 18 heavy (non-hydrogen) atoms. The first-order chi connectivity index (χ1) is 8.72. The van der Waals surface area contributed by atoms with E-state index in [2.05, 4.69) is 14.7 Å². The molecule has 0 aliphatic carbocycles. The fourth-order valence-corrected chi connectivity index (χ4v) is 2.81. The van der Waals surface area contributed by atoms with Crippen LogP contribution in [0.4, 0.5) is 0 Å². The Morgan fingerprint density at radius 1 is 1.50 bits per heavy atom. The predicted molar refractivity (Wildman–Crippen MR) is 65.2 cm³/mol. The maximum absolute atomic E-state index is 12.0. The summed E-state index contributed by atoms with van der Waals surface area (Å²) >= 11 is 1.08. The number of benzene rings is 1. The highest BCUT2D eigenvalue weighted by molar-refractivity contribution is 7.20. The Bertz CT molecular complexity index is 769. The quantitative estimate of drug-likeness (QED) is 0.374. The highest BCUT2D eigenvalue weighted by atomic mass is 32.1. The van der Waals surface area contributed by atoms with Crippen LogP contribution in [0.15, 0.2) is 24.7 Å².